The molecule has 5 nitrogen and oxygen atoms in total. The molecular weight excluding hydrogens is 335 g/mol. The lowest BCUT2D eigenvalue weighted by Gasteiger charge is -2.21. The third-order valence-electron chi connectivity index (χ3n) is 3.31. The van der Waals surface area contributed by atoms with Gasteiger partial charge in [-0.15, -0.1) is 0 Å². The van der Waals surface area contributed by atoms with Crippen LogP contribution in [-0.4, -0.2) is 18.4 Å². The lowest BCUT2D eigenvalue weighted by Crippen LogP contribution is -2.37. The number of para-hydroxylation sites is 1. The van der Waals surface area contributed by atoms with E-state index in [1.54, 1.807) is 12.1 Å². The highest BCUT2D eigenvalue weighted by atomic mass is 19.2. The van der Waals surface area contributed by atoms with Gasteiger partial charge in [0.1, 0.15) is 12.6 Å². The predicted molar refractivity (Wildman–Crippen MR) is 84.1 cm³/mol. The van der Waals surface area contributed by atoms with Crippen molar-refractivity contribution in [2.24, 2.45) is 0 Å². The van der Waals surface area contributed by atoms with Crippen molar-refractivity contribution in [3.63, 3.8) is 0 Å². The van der Waals surface area contributed by atoms with E-state index in [9.17, 15) is 22.8 Å². The van der Waals surface area contributed by atoms with Crippen LogP contribution in [0.2, 0.25) is 0 Å². The van der Waals surface area contributed by atoms with Crippen molar-refractivity contribution in [1.29, 1.82) is 5.26 Å². The van der Waals surface area contributed by atoms with Crippen molar-refractivity contribution in [3.8, 4) is 6.07 Å². The highest BCUT2D eigenvalue weighted by Crippen LogP contribution is 2.24. The van der Waals surface area contributed by atoms with Gasteiger partial charge in [0.2, 0.25) is 11.8 Å². The van der Waals surface area contributed by atoms with Gasteiger partial charge < -0.3 is 10.2 Å². The minimum Gasteiger partial charge on any atom is -0.323 e. The van der Waals surface area contributed by atoms with E-state index in [0.29, 0.717) is 11.0 Å². The fraction of sp³-hybridized carbons (Fsp3) is 0.118. The highest BCUT2D eigenvalue weighted by molar-refractivity contribution is 6.02. The van der Waals surface area contributed by atoms with Crippen LogP contribution in [0.3, 0.4) is 0 Å². The number of nitrogens with one attached hydrogen (secondary N) is 1. The topological polar surface area (TPSA) is 73.2 Å². The summed E-state index contributed by atoms with van der Waals surface area (Å²) in [5.41, 5.74) is -0.149. The molecule has 2 aromatic rings. The van der Waals surface area contributed by atoms with Gasteiger partial charge >= 0.3 is 0 Å². The first kappa shape index (κ1) is 18.0. The maximum atomic E-state index is 13.9. The number of nitrogens with zero attached hydrogens (tertiary/aromatic N) is 2. The van der Waals surface area contributed by atoms with Crippen LogP contribution < -0.4 is 10.2 Å². The summed E-state index contributed by atoms with van der Waals surface area (Å²) in [6.45, 7) is 0.411. The van der Waals surface area contributed by atoms with Crippen LogP contribution in [0.15, 0.2) is 36.4 Å². The van der Waals surface area contributed by atoms with Crippen LogP contribution in [-0.2, 0) is 9.59 Å². The Morgan fingerprint density at radius 1 is 1.12 bits per heavy atom. The van der Waals surface area contributed by atoms with Crippen LogP contribution >= 0.6 is 0 Å². The molecule has 25 heavy (non-hydrogen) atoms. The molecule has 0 saturated carbocycles. The zero-order chi connectivity index (χ0) is 18.6. The average molecular weight is 347 g/mol. The second kappa shape index (κ2) is 7.49. The van der Waals surface area contributed by atoms with Gasteiger partial charge in [-0.05, 0) is 24.3 Å². The summed E-state index contributed by atoms with van der Waals surface area (Å²) < 4.78 is 40.3. The maximum Gasteiger partial charge on any atom is 0.244 e. The fourth-order valence-corrected chi connectivity index (χ4v) is 2.11. The molecule has 0 unspecified atom stereocenters. The van der Waals surface area contributed by atoms with E-state index in [-0.39, 0.29) is 11.3 Å². The van der Waals surface area contributed by atoms with Gasteiger partial charge in [0.05, 0.1) is 16.9 Å². The minimum absolute atomic E-state index is 0.198. The fourth-order valence-electron chi connectivity index (χ4n) is 2.11. The number of benzene rings is 2. The monoisotopic (exact) mass is 347 g/mol. The third kappa shape index (κ3) is 3.95. The molecular formula is C17H12F3N3O2. The van der Waals surface area contributed by atoms with Crippen molar-refractivity contribution < 1.29 is 22.8 Å². The summed E-state index contributed by atoms with van der Waals surface area (Å²) in [6.07, 6.45) is 0. The Morgan fingerprint density at radius 2 is 1.80 bits per heavy atom. The van der Waals surface area contributed by atoms with Crippen LogP contribution in [0.4, 0.5) is 24.5 Å². The van der Waals surface area contributed by atoms with E-state index < -0.39 is 41.5 Å². The van der Waals surface area contributed by atoms with Gasteiger partial charge in [-0.3, -0.25) is 9.59 Å². The van der Waals surface area contributed by atoms with Gasteiger partial charge in [-0.2, -0.15) is 5.26 Å². The molecule has 2 rings (SSSR count). The van der Waals surface area contributed by atoms with E-state index in [1.165, 1.54) is 12.1 Å². The van der Waals surface area contributed by atoms with Gasteiger partial charge in [-0.25, -0.2) is 13.2 Å². The first-order chi connectivity index (χ1) is 11.8. The van der Waals surface area contributed by atoms with Crippen molar-refractivity contribution in [3.05, 3.63) is 59.4 Å². The summed E-state index contributed by atoms with van der Waals surface area (Å²) in [5.74, 6) is -6.19. The molecule has 8 heteroatoms. The van der Waals surface area contributed by atoms with Crippen molar-refractivity contribution in [2.75, 3.05) is 16.8 Å². The Morgan fingerprint density at radius 3 is 2.44 bits per heavy atom. The molecule has 2 amide bonds. The molecule has 0 bridgehead atoms. The molecule has 0 aliphatic carbocycles. The Hall–Kier alpha value is -3.34. The quantitative estimate of drug-likeness (QED) is 0.864. The maximum absolute atomic E-state index is 13.9. The second-order valence-corrected chi connectivity index (χ2v) is 5.01. The Bertz CT molecular complexity index is 878. The van der Waals surface area contributed by atoms with E-state index >= 15 is 0 Å². The summed E-state index contributed by atoms with van der Waals surface area (Å²) in [5, 5.41) is 11.4. The first-order valence-electron chi connectivity index (χ1n) is 7.05. The van der Waals surface area contributed by atoms with Gasteiger partial charge in [-0.1, -0.05) is 12.1 Å². The molecule has 0 radical (unpaired) electrons. The molecule has 0 atom stereocenters. The summed E-state index contributed by atoms with van der Waals surface area (Å²) in [4.78, 5) is 24.5. The Labute approximate surface area is 141 Å². The van der Waals surface area contributed by atoms with Crippen LogP contribution in [0.5, 0.6) is 0 Å². The number of rotatable bonds is 4. The zero-order valence-electron chi connectivity index (χ0n) is 13.0. The number of halogens is 3. The van der Waals surface area contributed by atoms with Crippen LogP contribution in [0.25, 0.3) is 0 Å². The van der Waals surface area contributed by atoms with Gasteiger partial charge in [0.15, 0.2) is 17.5 Å². The first-order valence-corrected chi connectivity index (χ1v) is 7.05. The van der Waals surface area contributed by atoms with Crippen molar-refractivity contribution in [1.82, 2.24) is 0 Å². The number of hydrogen-bond donors (Lipinski definition) is 1. The number of carbonyl (C=O) groups is 2. The van der Waals surface area contributed by atoms with E-state index in [2.05, 4.69) is 5.32 Å². The Kier molecular flexibility index (Phi) is 5.39. The van der Waals surface area contributed by atoms with Crippen LogP contribution in [0, 0.1) is 28.8 Å². The highest BCUT2D eigenvalue weighted by Gasteiger charge is 2.23. The number of nitriles is 1. The molecule has 0 saturated heterocycles. The normalized spacial score (nSPS) is 10.0. The largest absolute Gasteiger partial charge is 0.323 e. The van der Waals surface area contributed by atoms with E-state index in [1.807, 2.05) is 6.07 Å². The molecule has 0 heterocycles. The standard InChI is InChI=1S/C17H12F3N3O2/c1-10(24)23(14-7-6-12(18)16(19)17(14)20)9-15(25)22-13-5-3-2-4-11(13)8-21/h2-7H,9H2,1H3,(H,22,25). The van der Waals surface area contributed by atoms with Crippen molar-refractivity contribution >= 4 is 23.2 Å². The number of hydrogen-bond acceptors (Lipinski definition) is 3. The molecule has 0 aliphatic heterocycles. The summed E-state index contributed by atoms with van der Waals surface area (Å²) in [6, 6.07) is 9.56. The lowest BCUT2D eigenvalue weighted by molar-refractivity contribution is -0.120. The molecule has 0 aliphatic rings. The van der Waals surface area contributed by atoms with Crippen molar-refractivity contribution in [2.45, 2.75) is 6.92 Å². The average Bonchev–Trinajstić information content (AvgIpc) is 2.58. The molecule has 0 fully saturated rings. The molecule has 2 aromatic carbocycles. The van der Waals surface area contributed by atoms with E-state index in [4.69, 9.17) is 5.26 Å². The SMILES string of the molecule is CC(=O)N(CC(=O)Nc1ccccc1C#N)c1ccc(F)c(F)c1F. The Balaban J connectivity index is 2.26. The lowest BCUT2D eigenvalue weighted by atomic mass is 10.2. The molecule has 128 valence electrons. The van der Waals surface area contributed by atoms with E-state index in [0.717, 1.165) is 13.0 Å². The number of anilines is 2. The molecule has 1 N–H and O–H groups in total. The minimum atomic E-state index is -1.74. The molecule has 0 aromatic heterocycles. The third-order valence-corrected chi connectivity index (χ3v) is 3.31. The smallest absolute Gasteiger partial charge is 0.244 e. The summed E-state index contributed by atoms with van der Waals surface area (Å²) >= 11 is 0. The van der Waals surface area contributed by atoms with Gasteiger partial charge in [0.25, 0.3) is 0 Å². The second-order valence-electron chi connectivity index (χ2n) is 5.01. The predicted octanol–water partition coefficient (Wildman–Crippen LogP) is 2.97. The molecule has 0 spiro atoms. The number of carbonyl (C=O) groups excluding carboxylic acids is 2. The summed E-state index contributed by atoms with van der Waals surface area (Å²) in [7, 11) is 0. The van der Waals surface area contributed by atoms with Gasteiger partial charge in [0, 0.05) is 6.92 Å². The number of amides is 2. The van der Waals surface area contributed by atoms with Crippen LogP contribution in [0.1, 0.15) is 12.5 Å². The zero-order valence-corrected chi connectivity index (χ0v) is 13.0.